The monoisotopic (exact) mass is 215 g/mol. The molecule has 0 aromatic carbocycles. The van der Waals surface area contributed by atoms with E-state index >= 15 is 0 Å². The fourth-order valence-corrected chi connectivity index (χ4v) is 1.26. The van der Waals surface area contributed by atoms with E-state index in [9.17, 15) is 4.79 Å². The van der Waals surface area contributed by atoms with Crippen LogP contribution in [0, 0.1) is 5.92 Å². The minimum atomic E-state index is -0.0750. The van der Waals surface area contributed by atoms with Crippen LogP contribution in [-0.4, -0.2) is 18.1 Å². The molecule has 0 aliphatic rings. The molecule has 2 N–H and O–H groups in total. The highest BCUT2D eigenvalue weighted by molar-refractivity contribution is 5.72. The van der Waals surface area contributed by atoms with Crippen LogP contribution in [0.3, 0.4) is 0 Å². The Morgan fingerprint density at radius 2 is 1.87 bits per heavy atom. The Bertz CT molecular complexity index is 180. The molecule has 0 aromatic heterocycles. The van der Waals surface area contributed by atoms with Crippen molar-refractivity contribution in [2.24, 2.45) is 11.7 Å². The minimum Gasteiger partial charge on any atom is -0.462 e. The minimum absolute atomic E-state index is 0.00208. The predicted octanol–water partition coefficient (Wildman–Crippen LogP) is 2.48. The van der Waals surface area contributed by atoms with Gasteiger partial charge >= 0.3 is 5.97 Å². The van der Waals surface area contributed by atoms with E-state index < -0.39 is 0 Å². The fourth-order valence-electron chi connectivity index (χ4n) is 1.26. The highest BCUT2D eigenvalue weighted by atomic mass is 16.5. The summed E-state index contributed by atoms with van der Waals surface area (Å²) in [6.07, 6.45) is 3.75. The molecule has 3 heteroatoms. The van der Waals surface area contributed by atoms with E-state index in [1.165, 1.54) is 0 Å². The Kier molecular flexibility index (Phi) is 7.39. The summed E-state index contributed by atoms with van der Waals surface area (Å²) in [7, 11) is 0. The van der Waals surface area contributed by atoms with Crippen LogP contribution in [0.1, 0.15) is 53.4 Å². The molecule has 0 aliphatic carbocycles. The van der Waals surface area contributed by atoms with Crippen molar-refractivity contribution >= 4 is 5.97 Å². The van der Waals surface area contributed by atoms with Gasteiger partial charge < -0.3 is 10.5 Å². The van der Waals surface area contributed by atoms with Gasteiger partial charge in [-0.3, -0.25) is 4.79 Å². The van der Waals surface area contributed by atoms with Crippen LogP contribution in [-0.2, 0) is 9.53 Å². The molecule has 0 aliphatic heterocycles. The largest absolute Gasteiger partial charge is 0.462 e. The molecule has 3 unspecified atom stereocenters. The van der Waals surface area contributed by atoms with E-state index in [1.54, 1.807) is 0 Å². The first-order valence-corrected chi connectivity index (χ1v) is 5.93. The number of esters is 1. The first-order chi connectivity index (χ1) is 6.97. The second kappa shape index (κ2) is 7.69. The Morgan fingerprint density at radius 3 is 2.33 bits per heavy atom. The van der Waals surface area contributed by atoms with Crippen molar-refractivity contribution in [3.63, 3.8) is 0 Å². The van der Waals surface area contributed by atoms with Crippen molar-refractivity contribution in [1.82, 2.24) is 0 Å². The number of nitrogens with two attached hydrogens (primary N) is 1. The lowest BCUT2D eigenvalue weighted by atomic mass is 10.0. The molecule has 0 rings (SSSR count). The maximum Gasteiger partial charge on any atom is 0.308 e. The summed E-state index contributed by atoms with van der Waals surface area (Å²) in [6.45, 7) is 7.85. The molecular weight excluding hydrogens is 190 g/mol. The van der Waals surface area contributed by atoms with E-state index in [4.69, 9.17) is 10.5 Å². The first kappa shape index (κ1) is 14.4. The van der Waals surface area contributed by atoms with Crippen LogP contribution in [0.4, 0.5) is 0 Å². The predicted molar refractivity (Wildman–Crippen MR) is 62.5 cm³/mol. The topological polar surface area (TPSA) is 52.3 Å². The van der Waals surface area contributed by atoms with Crippen LogP contribution < -0.4 is 5.73 Å². The molecular formula is C12H25NO2. The van der Waals surface area contributed by atoms with Crippen molar-refractivity contribution in [2.75, 3.05) is 0 Å². The highest BCUT2D eigenvalue weighted by Gasteiger charge is 2.16. The smallest absolute Gasteiger partial charge is 0.308 e. The third kappa shape index (κ3) is 7.37. The second-order valence-corrected chi connectivity index (χ2v) is 4.46. The lowest BCUT2D eigenvalue weighted by molar-refractivity contribution is -0.153. The Hall–Kier alpha value is -0.570. The maximum atomic E-state index is 11.5. The molecule has 0 amide bonds. The van der Waals surface area contributed by atoms with Gasteiger partial charge in [0, 0.05) is 6.04 Å². The zero-order chi connectivity index (χ0) is 11.8. The van der Waals surface area contributed by atoms with Gasteiger partial charge in [-0.15, -0.1) is 0 Å². The molecule has 0 fully saturated rings. The van der Waals surface area contributed by atoms with E-state index in [-0.39, 0.29) is 24.0 Å². The Labute approximate surface area is 93.4 Å². The molecule has 3 nitrogen and oxygen atoms in total. The molecule has 0 spiro atoms. The normalized spacial score (nSPS) is 16.9. The number of ether oxygens (including phenoxy) is 1. The van der Waals surface area contributed by atoms with Crippen LogP contribution in [0.25, 0.3) is 0 Å². The van der Waals surface area contributed by atoms with Gasteiger partial charge in [-0.05, 0) is 33.1 Å². The third-order valence-corrected chi connectivity index (χ3v) is 2.59. The van der Waals surface area contributed by atoms with E-state index in [0.29, 0.717) is 0 Å². The summed E-state index contributed by atoms with van der Waals surface area (Å²) in [5.41, 5.74) is 5.64. The standard InChI is InChI=1S/C12H25NO2/c1-5-11(4)15-12(14)9(2)7-6-8-10(3)13/h9-11H,5-8,13H2,1-4H3. The van der Waals surface area contributed by atoms with E-state index in [0.717, 1.165) is 25.7 Å². The zero-order valence-corrected chi connectivity index (χ0v) is 10.5. The van der Waals surface area contributed by atoms with Gasteiger partial charge in [0.1, 0.15) is 0 Å². The fraction of sp³-hybridized carbons (Fsp3) is 0.917. The van der Waals surface area contributed by atoms with Gasteiger partial charge in [0.15, 0.2) is 0 Å². The summed E-state index contributed by atoms with van der Waals surface area (Å²) in [5.74, 6) is -0.0771. The van der Waals surface area contributed by atoms with Crippen molar-refractivity contribution in [3.8, 4) is 0 Å². The van der Waals surface area contributed by atoms with Crippen molar-refractivity contribution in [2.45, 2.75) is 65.5 Å². The SMILES string of the molecule is CCC(C)OC(=O)C(C)CCCC(C)N. The zero-order valence-electron chi connectivity index (χ0n) is 10.5. The summed E-state index contributed by atoms with van der Waals surface area (Å²) in [6, 6.07) is 0.225. The molecule has 90 valence electrons. The third-order valence-electron chi connectivity index (χ3n) is 2.59. The first-order valence-electron chi connectivity index (χ1n) is 5.93. The molecule has 0 saturated heterocycles. The van der Waals surface area contributed by atoms with Gasteiger partial charge in [-0.1, -0.05) is 20.3 Å². The molecule has 0 aromatic rings. The molecule has 0 radical (unpaired) electrons. The van der Waals surface area contributed by atoms with Crippen LogP contribution in [0.2, 0.25) is 0 Å². The summed E-state index contributed by atoms with van der Waals surface area (Å²) < 4.78 is 5.25. The number of carbonyl (C=O) groups excluding carboxylic acids is 1. The average molecular weight is 215 g/mol. The van der Waals surface area contributed by atoms with Crippen molar-refractivity contribution < 1.29 is 9.53 Å². The van der Waals surface area contributed by atoms with Crippen LogP contribution >= 0.6 is 0 Å². The lowest BCUT2D eigenvalue weighted by Crippen LogP contribution is -2.21. The van der Waals surface area contributed by atoms with Gasteiger partial charge in [0.05, 0.1) is 12.0 Å². The van der Waals surface area contributed by atoms with Gasteiger partial charge in [0.25, 0.3) is 0 Å². The van der Waals surface area contributed by atoms with Gasteiger partial charge in [-0.2, -0.15) is 0 Å². The quantitative estimate of drug-likeness (QED) is 0.664. The molecule has 0 bridgehead atoms. The van der Waals surface area contributed by atoms with Crippen LogP contribution in [0.15, 0.2) is 0 Å². The maximum absolute atomic E-state index is 11.5. The number of hydrogen-bond donors (Lipinski definition) is 1. The van der Waals surface area contributed by atoms with Gasteiger partial charge in [-0.25, -0.2) is 0 Å². The Balaban J connectivity index is 3.69. The van der Waals surface area contributed by atoms with Gasteiger partial charge in [0.2, 0.25) is 0 Å². The van der Waals surface area contributed by atoms with Crippen molar-refractivity contribution in [3.05, 3.63) is 0 Å². The summed E-state index contributed by atoms with van der Waals surface area (Å²) >= 11 is 0. The molecule has 0 saturated carbocycles. The summed E-state index contributed by atoms with van der Waals surface area (Å²) in [4.78, 5) is 11.5. The average Bonchev–Trinajstić information content (AvgIpc) is 2.16. The number of rotatable bonds is 7. The van der Waals surface area contributed by atoms with E-state index in [2.05, 4.69) is 0 Å². The highest BCUT2D eigenvalue weighted by Crippen LogP contribution is 2.12. The summed E-state index contributed by atoms with van der Waals surface area (Å²) in [5, 5.41) is 0. The van der Waals surface area contributed by atoms with Crippen LogP contribution in [0.5, 0.6) is 0 Å². The van der Waals surface area contributed by atoms with E-state index in [1.807, 2.05) is 27.7 Å². The second-order valence-electron chi connectivity index (χ2n) is 4.46. The van der Waals surface area contributed by atoms with Crippen molar-refractivity contribution in [1.29, 1.82) is 0 Å². The molecule has 0 heterocycles. The number of carbonyl (C=O) groups is 1. The lowest BCUT2D eigenvalue weighted by Gasteiger charge is -2.15. The molecule has 3 atom stereocenters. The molecule has 15 heavy (non-hydrogen) atoms. The number of hydrogen-bond acceptors (Lipinski definition) is 3. The Morgan fingerprint density at radius 1 is 1.27 bits per heavy atom.